The van der Waals surface area contributed by atoms with Gasteiger partial charge in [0.05, 0.1) is 16.6 Å². The molecule has 0 atom stereocenters. The molecule has 9 aromatic rings. The number of unbranched alkanes of at least 4 members (excludes halogenated alkanes) is 1. The molecule has 9 rings (SSSR count). The van der Waals surface area contributed by atoms with E-state index in [2.05, 4.69) is 169 Å². The largest absolute Gasteiger partial charge is 0.324 e. The number of rotatable bonds is 8. The van der Waals surface area contributed by atoms with Crippen LogP contribution >= 0.6 is 0 Å². The summed E-state index contributed by atoms with van der Waals surface area (Å²) in [4.78, 5) is 10.4. The number of hydrogen-bond acceptors (Lipinski definition) is 2. The third kappa shape index (κ3) is 5.48. The van der Waals surface area contributed by atoms with E-state index in [0.717, 1.165) is 52.5 Å². The molecule has 0 spiro atoms. The lowest BCUT2D eigenvalue weighted by Gasteiger charge is -2.24. The molecule has 2 heterocycles. The molecule has 0 saturated carbocycles. The van der Waals surface area contributed by atoms with Crippen molar-refractivity contribution in [2.45, 2.75) is 26.3 Å². The summed E-state index contributed by atoms with van der Waals surface area (Å²) in [7, 11) is 0. The minimum absolute atomic E-state index is 0.903. The maximum atomic E-state index is 5.25. The van der Waals surface area contributed by atoms with Crippen LogP contribution in [0.3, 0.4) is 0 Å². The molecule has 0 aliphatic heterocycles. The molecule has 0 N–H and O–H groups in total. The van der Waals surface area contributed by atoms with E-state index in [-0.39, 0.29) is 0 Å². The molecule has 0 aliphatic carbocycles. The highest BCUT2D eigenvalue weighted by molar-refractivity contribution is 6.11. The topological polar surface area (TPSA) is 30.7 Å². The van der Waals surface area contributed by atoms with Crippen LogP contribution in [0.15, 0.2) is 170 Å². The molecule has 7 aromatic carbocycles. The van der Waals surface area contributed by atoms with Gasteiger partial charge in [-0.25, -0.2) is 9.97 Å². The van der Waals surface area contributed by atoms with Gasteiger partial charge in [-0.05, 0) is 92.4 Å². The summed E-state index contributed by atoms with van der Waals surface area (Å²) in [6, 6.07) is 61.0. The Morgan fingerprint density at radius 3 is 1.51 bits per heavy atom. The summed E-state index contributed by atoms with van der Waals surface area (Å²) in [5.41, 5.74) is 16.9. The smallest absolute Gasteiger partial charge is 0.160 e. The molecule has 244 valence electrons. The van der Waals surface area contributed by atoms with Crippen molar-refractivity contribution in [2.24, 2.45) is 0 Å². The summed E-state index contributed by atoms with van der Waals surface area (Å²) >= 11 is 0. The van der Waals surface area contributed by atoms with E-state index in [1.54, 1.807) is 0 Å². The monoisotopic (exact) mass is 655 g/mol. The maximum Gasteiger partial charge on any atom is 0.160 e. The average Bonchev–Trinajstić information content (AvgIpc) is 3.50. The molecule has 0 amide bonds. The average molecular weight is 656 g/mol. The van der Waals surface area contributed by atoms with Gasteiger partial charge in [-0.3, -0.25) is 0 Å². The lowest BCUT2D eigenvalue weighted by molar-refractivity contribution is 0.661. The van der Waals surface area contributed by atoms with Crippen LogP contribution in [-0.4, -0.2) is 14.5 Å². The van der Waals surface area contributed by atoms with Gasteiger partial charge >= 0.3 is 0 Å². The van der Waals surface area contributed by atoms with Crippen LogP contribution in [0.25, 0.3) is 88.7 Å². The van der Waals surface area contributed by atoms with Crippen molar-refractivity contribution < 1.29 is 0 Å². The minimum atomic E-state index is 0.903. The zero-order chi connectivity index (χ0) is 34.1. The van der Waals surface area contributed by atoms with Crippen molar-refractivity contribution in [3.63, 3.8) is 0 Å². The van der Waals surface area contributed by atoms with Crippen molar-refractivity contribution in [1.29, 1.82) is 0 Å². The van der Waals surface area contributed by atoms with Crippen LogP contribution < -0.4 is 0 Å². The second-order valence-electron chi connectivity index (χ2n) is 13.2. The molecule has 0 unspecified atom stereocenters. The van der Waals surface area contributed by atoms with Crippen molar-refractivity contribution >= 4 is 33.1 Å². The number of aryl methyl sites for hydroxylation is 1. The highest BCUT2D eigenvalue weighted by Crippen LogP contribution is 2.50. The summed E-state index contributed by atoms with van der Waals surface area (Å²) < 4.78 is 2.37. The molecular formula is C48H37N3. The normalized spacial score (nSPS) is 11.5. The number of fused-ring (bicyclic) bond motifs is 4. The quantitative estimate of drug-likeness (QED) is 0.163. The lowest BCUT2D eigenvalue weighted by atomic mass is 9.79. The SMILES string of the molecule is CCCCn1c2ccc(-c3cc(-c4ccccc4)c(-c4ccccc4)c(-c4ccccc4)c3-c3ccccc3)cc2c2nc3ccccc3nc21. The first-order valence-corrected chi connectivity index (χ1v) is 17.9. The molecular weight excluding hydrogens is 619 g/mol. The van der Waals surface area contributed by atoms with Gasteiger partial charge in [-0.2, -0.15) is 0 Å². The van der Waals surface area contributed by atoms with E-state index in [1.165, 1.54) is 55.6 Å². The molecule has 0 fully saturated rings. The van der Waals surface area contributed by atoms with E-state index in [9.17, 15) is 0 Å². The predicted octanol–water partition coefficient (Wildman–Crippen LogP) is 12.9. The fraction of sp³-hybridized carbons (Fsp3) is 0.0833. The second-order valence-corrected chi connectivity index (χ2v) is 13.2. The van der Waals surface area contributed by atoms with E-state index in [1.807, 2.05) is 12.1 Å². The van der Waals surface area contributed by atoms with Gasteiger partial charge in [0.2, 0.25) is 0 Å². The van der Waals surface area contributed by atoms with Gasteiger partial charge in [0.1, 0.15) is 5.52 Å². The first-order chi connectivity index (χ1) is 25.3. The molecule has 0 bridgehead atoms. The third-order valence-corrected chi connectivity index (χ3v) is 10.00. The van der Waals surface area contributed by atoms with Gasteiger partial charge in [-0.1, -0.05) is 153 Å². The fourth-order valence-electron chi connectivity index (χ4n) is 7.60. The highest BCUT2D eigenvalue weighted by atomic mass is 15.1. The number of para-hydroxylation sites is 2. The maximum absolute atomic E-state index is 5.25. The zero-order valence-corrected chi connectivity index (χ0v) is 28.6. The Hall–Kier alpha value is -6.32. The molecule has 3 nitrogen and oxygen atoms in total. The number of benzene rings is 7. The van der Waals surface area contributed by atoms with Crippen molar-refractivity contribution in [3.8, 4) is 55.6 Å². The Kier molecular flexibility index (Phi) is 7.94. The summed E-state index contributed by atoms with van der Waals surface area (Å²) in [5, 5.41) is 1.13. The standard InChI is InChI=1S/C48H37N3/c1-2-3-30-51-43-29-28-37(31-40(43)47-48(51)50-42-27-17-16-26-41(42)49-47)39-32-38(33-18-8-4-9-19-33)44(34-20-10-5-11-21-34)46(36-24-14-7-15-25-36)45(39)35-22-12-6-13-23-35/h4-29,31-32H,2-3,30H2,1H3. The van der Waals surface area contributed by atoms with Crippen LogP contribution in [0.2, 0.25) is 0 Å². The second kappa shape index (κ2) is 13.2. The van der Waals surface area contributed by atoms with E-state index in [0.29, 0.717) is 0 Å². The Morgan fingerprint density at radius 1 is 0.451 bits per heavy atom. The molecule has 3 heteroatoms. The Morgan fingerprint density at radius 2 is 0.941 bits per heavy atom. The molecule has 2 aromatic heterocycles. The van der Waals surface area contributed by atoms with Crippen LogP contribution in [-0.2, 0) is 6.54 Å². The highest BCUT2D eigenvalue weighted by Gasteiger charge is 2.24. The van der Waals surface area contributed by atoms with Crippen LogP contribution in [0.1, 0.15) is 19.8 Å². The molecule has 0 aliphatic rings. The molecule has 0 saturated heterocycles. The van der Waals surface area contributed by atoms with Crippen LogP contribution in [0.5, 0.6) is 0 Å². The summed E-state index contributed by atoms with van der Waals surface area (Å²) in [6.07, 6.45) is 2.19. The van der Waals surface area contributed by atoms with E-state index < -0.39 is 0 Å². The van der Waals surface area contributed by atoms with Crippen LogP contribution in [0.4, 0.5) is 0 Å². The lowest BCUT2D eigenvalue weighted by Crippen LogP contribution is -1.99. The summed E-state index contributed by atoms with van der Waals surface area (Å²) in [6.45, 7) is 3.14. The Bertz CT molecular complexity index is 2640. The van der Waals surface area contributed by atoms with E-state index in [4.69, 9.17) is 9.97 Å². The number of hydrogen-bond donors (Lipinski definition) is 0. The fourth-order valence-corrected chi connectivity index (χ4v) is 7.60. The number of nitrogens with zero attached hydrogens (tertiary/aromatic N) is 3. The zero-order valence-electron chi connectivity index (χ0n) is 28.6. The van der Waals surface area contributed by atoms with Gasteiger partial charge < -0.3 is 4.57 Å². The number of aromatic nitrogens is 3. The van der Waals surface area contributed by atoms with E-state index >= 15 is 0 Å². The third-order valence-electron chi connectivity index (χ3n) is 10.00. The van der Waals surface area contributed by atoms with Gasteiger partial charge in [-0.15, -0.1) is 0 Å². The van der Waals surface area contributed by atoms with Crippen LogP contribution in [0, 0.1) is 0 Å². The van der Waals surface area contributed by atoms with Crippen molar-refractivity contribution in [2.75, 3.05) is 0 Å². The van der Waals surface area contributed by atoms with Crippen molar-refractivity contribution in [3.05, 3.63) is 170 Å². The molecule has 0 radical (unpaired) electrons. The Balaban J connectivity index is 1.43. The Labute approximate surface area is 298 Å². The predicted molar refractivity (Wildman–Crippen MR) is 215 cm³/mol. The van der Waals surface area contributed by atoms with Gasteiger partial charge in [0.25, 0.3) is 0 Å². The minimum Gasteiger partial charge on any atom is -0.324 e. The first-order valence-electron chi connectivity index (χ1n) is 17.9. The van der Waals surface area contributed by atoms with Crippen molar-refractivity contribution in [1.82, 2.24) is 14.5 Å². The first kappa shape index (κ1) is 30.7. The van der Waals surface area contributed by atoms with Gasteiger partial charge in [0.15, 0.2) is 5.65 Å². The van der Waals surface area contributed by atoms with Gasteiger partial charge in [0, 0.05) is 11.9 Å². The molecule has 51 heavy (non-hydrogen) atoms. The summed E-state index contributed by atoms with van der Waals surface area (Å²) in [5.74, 6) is 0.